The summed E-state index contributed by atoms with van der Waals surface area (Å²) in [5, 5.41) is 8.79. The van der Waals surface area contributed by atoms with Crippen LogP contribution in [0.25, 0.3) is 0 Å². The van der Waals surface area contributed by atoms with Crippen molar-refractivity contribution >= 4 is 17.9 Å². The van der Waals surface area contributed by atoms with Gasteiger partial charge in [0.1, 0.15) is 6.04 Å². The van der Waals surface area contributed by atoms with Crippen LogP contribution in [0.3, 0.4) is 0 Å². The molecule has 1 saturated heterocycles. The van der Waals surface area contributed by atoms with Crippen molar-refractivity contribution in [2.24, 2.45) is 5.73 Å². The molecular weight excluding hydrogens is 250 g/mol. The van der Waals surface area contributed by atoms with E-state index in [1.807, 2.05) is 0 Å². The second-order valence-electron chi connectivity index (χ2n) is 4.77. The van der Waals surface area contributed by atoms with Crippen LogP contribution in [0.2, 0.25) is 0 Å². The second kappa shape index (κ2) is 6.40. The van der Waals surface area contributed by atoms with Crippen LogP contribution >= 0.6 is 0 Å². The third-order valence-corrected chi connectivity index (χ3v) is 3.42. The number of carboxylic acids is 1. The van der Waals surface area contributed by atoms with Gasteiger partial charge >= 0.3 is 12.0 Å². The Morgan fingerprint density at radius 2 is 2.11 bits per heavy atom. The Bertz CT molecular complexity index is 372. The lowest BCUT2D eigenvalue weighted by molar-refractivity contribution is -0.138. The highest BCUT2D eigenvalue weighted by atomic mass is 16.4. The molecular formula is C12H21N3O4. The first-order chi connectivity index (χ1) is 8.88. The number of hydrogen-bond donors (Lipinski definition) is 2. The smallest absolute Gasteiger partial charge is 0.320 e. The molecule has 1 fully saturated rings. The molecule has 2 unspecified atom stereocenters. The maximum atomic E-state index is 12.4. The number of aliphatic carboxylic acids is 1. The van der Waals surface area contributed by atoms with E-state index in [2.05, 4.69) is 0 Å². The fourth-order valence-electron chi connectivity index (χ4n) is 2.45. The molecule has 0 aliphatic carbocycles. The lowest BCUT2D eigenvalue weighted by atomic mass is 10.2. The summed E-state index contributed by atoms with van der Waals surface area (Å²) in [7, 11) is 0. The number of amides is 3. The van der Waals surface area contributed by atoms with E-state index in [0.29, 0.717) is 19.5 Å². The zero-order valence-electron chi connectivity index (χ0n) is 11.3. The summed E-state index contributed by atoms with van der Waals surface area (Å²) in [4.78, 5) is 37.3. The summed E-state index contributed by atoms with van der Waals surface area (Å²) in [5.74, 6) is -1.46. The maximum Gasteiger partial charge on any atom is 0.320 e. The summed E-state index contributed by atoms with van der Waals surface area (Å²) in [6.07, 6.45) is 1.20. The summed E-state index contributed by atoms with van der Waals surface area (Å²) >= 11 is 0. The molecule has 7 nitrogen and oxygen atoms in total. The third-order valence-electron chi connectivity index (χ3n) is 3.42. The van der Waals surface area contributed by atoms with Gasteiger partial charge in [0.15, 0.2) is 0 Å². The highest BCUT2D eigenvalue weighted by Gasteiger charge is 2.36. The number of carbonyl (C=O) groups is 3. The van der Waals surface area contributed by atoms with E-state index in [1.165, 1.54) is 9.80 Å². The number of carbonyl (C=O) groups excluding carboxylic acids is 2. The minimum absolute atomic E-state index is 0.116. The van der Waals surface area contributed by atoms with Crippen LogP contribution in [0.15, 0.2) is 0 Å². The molecule has 1 heterocycles. The topological polar surface area (TPSA) is 104 Å². The summed E-state index contributed by atoms with van der Waals surface area (Å²) < 4.78 is 0. The van der Waals surface area contributed by atoms with Crippen LogP contribution < -0.4 is 5.73 Å². The molecule has 108 valence electrons. The zero-order chi connectivity index (χ0) is 14.6. The van der Waals surface area contributed by atoms with E-state index in [9.17, 15) is 14.4 Å². The molecule has 0 aromatic carbocycles. The van der Waals surface area contributed by atoms with Gasteiger partial charge in [-0.05, 0) is 26.7 Å². The van der Waals surface area contributed by atoms with Crippen molar-refractivity contribution in [2.75, 3.05) is 13.1 Å². The van der Waals surface area contributed by atoms with Crippen LogP contribution in [0.5, 0.6) is 0 Å². The number of primary amides is 1. The van der Waals surface area contributed by atoms with Gasteiger partial charge in [-0.2, -0.15) is 0 Å². The highest BCUT2D eigenvalue weighted by molar-refractivity contribution is 5.86. The van der Waals surface area contributed by atoms with Crippen LogP contribution in [-0.2, 0) is 9.59 Å². The van der Waals surface area contributed by atoms with Gasteiger partial charge in [-0.15, -0.1) is 0 Å². The molecule has 1 aliphatic heterocycles. The molecule has 1 rings (SSSR count). The minimum atomic E-state index is -0.952. The molecule has 2 atom stereocenters. The highest BCUT2D eigenvalue weighted by Crippen LogP contribution is 2.20. The molecule has 1 aliphatic rings. The Morgan fingerprint density at radius 1 is 1.47 bits per heavy atom. The van der Waals surface area contributed by atoms with Gasteiger partial charge in [0.25, 0.3) is 0 Å². The molecule has 0 saturated carbocycles. The van der Waals surface area contributed by atoms with Gasteiger partial charge < -0.3 is 20.6 Å². The van der Waals surface area contributed by atoms with Gasteiger partial charge in [-0.1, -0.05) is 0 Å². The standard InChI is InChI=1S/C12H21N3O4/c1-3-14(8(2)7-10(16)17)12(19)15-6-4-5-9(15)11(13)18/h8-9H,3-7H2,1-2H3,(H2,13,18)(H,16,17). The minimum Gasteiger partial charge on any atom is -0.481 e. The van der Waals surface area contributed by atoms with Crippen LogP contribution in [0, 0.1) is 0 Å². The van der Waals surface area contributed by atoms with Gasteiger partial charge in [0.2, 0.25) is 5.91 Å². The number of rotatable bonds is 5. The summed E-state index contributed by atoms with van der Waals surface area (Å²) in [6, 6.07) is -1.29. The van der Waals surface area contributed by atoms with E-state index < -0.39 is 24.0 Å². The Labute approximate surface area is 112 Å². The van der Waals surface area contributed by atoms with Gasteiger partial charge in [-0.25, -0.2) is 4.79 Å². The number of nitrogens with two attached hydrogens (primary N) is 1. The molecule has 0 radical (unpaired) electrons. The number of nitrogens with zero attached hydrogens (tertiary/aromatic N) is 2. The van der Waals surface area contributed by atoms with Crippen molar-refractivity contribution in [3.8, 4) is 0 Å². The predicted octanol–water partition coefficient (Wildman–Crippen LogP) is 0.241. The van der Waals surface area contributed by atoms with Crippen molar-refractivity contribution in [1.82, 2.24) is 9.80 Å². The Kier molecular flexibility index (Phi) is 5.14. The van der Waals surface area contributed by atoms with Gasteiger partial charge in [-0.3, -0.25) is 9.59 Å². The van der Waals surface area contributed by atoms with Crippen molar-refractivity contribution in [3.63, 3.8) is 0 Å². The van der Waals surface area contributed by atoms with Crippen LogP contribution in [0.1, 0.15) is 33.1 Å². The van der Waals surface area contributed by atoms with Crippen molar-refractivity contribution in [1.29, 1.82) is 0 Å². The first-order valence-corrected chi connectivity index (χ1v) is 6.46. The SMILES string of the molecule is CCN(C(=O)N1CCCC1C(N)=O)C(C)CC(=O)O. The molecule has 3 N–H and O–H groups in total. The molecule has 0 bridgehead atoms. The summed E-state index contributed by atoms with van der Waals surface area (Å²) in [5.41, 5.74) is 5.28. The monoisotopic (exact) mass is 271 g/mol. The van der Waals surface area contributed by atoms with E-state index in [-0.39, 0.29) is 12.5 Å². The van der Waals surface area contributed by atoms with Gasteiger partial charge in [0, 0.05) is 19.1 Å². The van der Waals surface area contributed by atoms with Crippen LogP contribution in [-0.4, -0.2) is 58.0 Å². The van der Waals surface area contributed by atoms with E-state index >= 15 is 0 Å². The number of carboxylic acid groups (broad SMARTS) is 1. The fraction of sp³-hybridized carbons (Fsp3) is 0.750. The van der Waals surface area contributed by atoms with Gasteiger partial charge in [0.05, 0.1) is 6.42 Å². The molecule has 19 heavy (non-hydrogen) atoms. The van der Waals surface area contributed by atoms with Crippen molar-refractivity contribution in [3.05, 3.63) is 0 Å². The number of hydrogen-bond acceptors (Lipinski definition) is 3. The first-order valence-electron chi connectivity index (χ1n) is 6.46. The van der Waals surface area contributed by atoms with Crippen molar-refractivity contribution in [2.45, 2.75) is 45.2 Å². The average molecular weight is 271 g/mol. The Morgan fingerprint density at radius 3 is 2.58 bits per heavy atom. The number of likely N-dealkylation sites (tertiary alicyclic amines) is 1. The zero-order valence-corrected chi connectivity index (χ0v) is 11.3. The van der Waals surface area contributed by atoms with Crippen LogP contribution in [0.4, 0.5) is 4.79 Å². The first kappa shape index (κ1) is 15.3. The molecule has 3 amide bonds. The predicted molar refractivity (Wildman–Crippen MR) is 68.4 cm³/mol. The second-order valence-corrected chi connectivity index (χ2v) is 4.77. The van der Waals surface area contributed by atoms with E-state index in [1.54, 1.807) is 13.8 Å². The Balaban J connectivity index is 2.77. The van der Waals surface area contributed by atoms with E-state index in [4.69, 9.17) is 10.8 Å². The average Bonchev–Trinajstić information content (AvgIpc) is 2.77. The van der Waals surface area contributed by atoms with E-state index in [0.717, 1.165) is 6.42 Å². The molecule has 7 heteroatoms. The number of urea groups is 1. The molecule has 0 spiro atoms. The molecule has 0 aromatic rings. The third kappa shape index (κ3) is 3.59. The fourth-order valence-corrected chi connectivity index (χ4v) is 2.45. The maximum absolute atomic E-state index is 12.4. The van der Waals surface area contributed by atoms with Crippen molar-refractivity contribution < 1.29 is 19.5 Å². The largest absolute Gasteiger partial charge is 0.481 e. The quantitative estimate of drug-likeness (QED) is 0.747. The lowest BCUT2D eigenvalue weighted by Crippen LogP contribution is -2.52. The Hall–Kier alpha value is -1.79. The normalized spacial score (nSPS) is 20.1. The summed E-state index contributed by atoms with van der Waals surface area (Å²) in [6.45, 7) is 4.36. The lowest BCUT2D eigenvalue weighted by Gasteiger charge is -2.33. The molecule has 0 aromatic heterocycles.